The molecule has 0 spiro atoms. The maximum absolute atomic E-state index is 13.1. The van der Waals surface area contributed by atoms with Crippen LogP contribution < -0.4 is 10.5 Å². The summed E-state index contributed by atoms with van der Waals surface area (Å²) in [5.74, 6) is 0.752. The molecule has 6 heteroatoms. The summed E-state index contributed by atoms with van der Waals surface area (Å²) in [6.45, 7) is 8.72. The van der Waals surface area contributed by atoms with Gasteiger partial charge in [0, 0.05) is 37.3 Å². The van der Waals surface area contributed by atoms with E-state index in [1.807, 2.05) is 24.8 Å². The van der Waals surface area contributed by atoms with Crippen LogP contribution in [-0.2, 0) is 12.8 Å². The maximum atomic E-state index is 13.1. The van der Waals surface area contributed by atoms with Crippen molar-refractivity contribution in [1.29, 1.82) is 0 Å². The Hall–Kier alpha value is -2.63. The molecule has 1 amide bonds. The highest BCUT2D eigenvalue weighted by molar-refractivity contribution is 5.96. The summed E-state index contributed by atoms with van der Waals surface area (Å²) in [4.78, 5) is 37.4. The van der Waals surface area contributed by atoms with Crippen LogP contribution in [0.1, 0.15) is 57.6 Å². The molecule has 1 aromatic heterocycles. The Balaban J connectivity index is 1.49. The molecule has 29 heavy (non-hydrogen) atoms. The summed E-state index contributed by atoms with van der Waals surface area (Å²) in [5.41, 5.74) is 5.96. The predicted molar refractivity (Wildman–Crippen MR) is 115 cm³/mol. The number of nitrogens with one attached hydrogen (secondary N) is 1. The van der Waals surface area contributed by atoms with Gasteiger partial charge < -0.3 is 9.80 Å². The molecule has 1 saturated heterocycles. The molecule has 0 saturated carbocycles. The molecule has 0 radical (unpaired) electrons. The Morgan fingerprint density at radius 1 is 1.00 bits per heavy atom. The largest absolute Gasteiger partial charge is 0.339 e. The van der Waals surface area contributed by atoms with E-state index < -0.39 is 0 Å². The van der Waals surface area contributed by atoms with Crippen LogP contribution in [0.3, 0.4) is 0 Å². The van der Waals surface area contributed by atoms with Crippen molar-refractivity contribution in [3.05, 3.63) is 56.0 Å². The molecular weight excluding hydrogens is 364 g/mol. The second kappa shape index (κ2) is 8.01. The quantitative estimate of drug-likeness (QED) is 0.795. The van der Waals surface area contributed by atoms with Gasteiger partial charge in [-0.2, -0.15) is 0 Å². The molecule has 4 rings (SSSR count). The fraction of sp³-hybridized carbons (Fsp3) is 0.522. The smallest absolute Gasteiger partial charge is 0.255 e. The minimum absolute atomic E-state index is 0.0104. The van der Waals surface area contributed by atoms with E-state index in [1.54, 1.807) is 0 Å². The van der Waals surface area contributed by atoms with E-state index in [1.165, 1.54) is 0 Å². The average Bonchev–Trinajstić information content (AvgIpc) is 2.96. The van der Waals surface area contributed by atoms with Crippen molar-refractivity contribution in [3.63, 3.8) is 0 Å². The monoisotopic (exact) mass is 394 g/mol. The van der Waals surface area contributed by atoms with Crippen molar-refractivity contribution in [1.82, 2.24) is 14.9 Å². The number of aryl methyl sites for hydroxylation is 3. The zero-order valence-corrected chi connectivity index (χ0v) is 17.7. The van der Waals surface area contributed by atoms with Gasteiger partial charge in [-0.05, 0) is 63.6 Å². The zero-order valence-electron chi connectivity index (χ0n) is 17.7. The van der Waals surface area contributed by atoms with E-state index in [0.29, 0.717) is 32.1 Å². The predicted octanol–water partition coefficient (Wildman–Crippen LogP) is 2.93. The fourth-order valence-corrected chi connectivity index (χ4v) is 4.47. The highest BCUT2D eigenvalue weighted by Crippen LogP contribution is 2.21. The number of aromatic amines is 1. The number of nitrogens with zero attached hydrogens (tertiary/aromatic N) is 3. The number of hydrogen-bond donors (Lipinski definition) is 1. The highest BCUT2D eigenvalue weighted by Gasteiger charge is 2.26. The highest BCUT2D eigenvalue weighted by atomic mass is 16.2. The number of fused-ring (bicyclic) bond motifs is 1. The number of piperazine rings is 1. The summed E-state index contributed by atoms with van der Waals surface area (Å²) in [6.07, 6.45) is 5.03. The van der Waals surface area contributed by atoms with Gasteiger partial charge in [0.15, 0.2) is 0 Å². The molecule has 1 aliphatic carbocycles. The number of amides is 1. The topological polar surface area (TPSA) is 69.3 Å². The lowest BCUT2D eigenvalue weighted by atomic mass is 9.99. The van der Waals surface area contributed by atoms with E-state index in [2.05, 4.69) is 22.9 Å². The van der Waals surface area contributed by atoms with Gasteiger partial charge in [-0.1, -0.05) is 18.1 Å². The lowest BCUT2D eigenvalue weighted by Crippen LogP contribution is -2.49. The van der Waals surface area contributed by atoms with Crippen molar-refractivity contribution in [2.24, 2.45) is 0 Å². The Labute approximate surface area is 172 Å². The molecule has 2 heterocycles. The molecule has 6 nitrogen and oxygen atoms in total. The van der Waals surface area contributed by atoms with Gasteiger partial charge in [-0.3, -0.25) is 14.6 Å². The summed E-state index contributed by atoms with van der Waals surface area (Å²) in [6, 6.07) is 4.10. The number of benzene rings is 1. The van der Waals surface area contributed by atoms with Crippen LogP contribution in [0.5, 0.6) is 0 Å². The second-order valence-electron chi connectivity index (χ2n) is 8.41. The van der Waals surface area contributed by atoms with Crippen molar-refractivity contribution < 1.29 is 4.79 Å². The molecular formula is C23H30N4O2. The molecule has 1 aliphatic heterocycles. The first-order chi connectivity index (χ1) is 13.9. The van der Waals surface area contributed by atoms with Crippen LogP contribution in [0.25, 0.3) is 0 Å². The van der Waals surface area contributed by atoms with E-state index in [9.17, 15) is 9.59 Å². The van der Waals surface area contributed by atoms with Gasteiger partial charge in [-0.25, -0.2) is 4.98 Å². The number of H-pyrrole nitrogens is 1. The molecule has 2 aliphatic rings. The molecule has 0 atom stereocenters. The Morgan fingerprint density at radius 2 is 1.72 bits per heavy atom. The summed E-state index contributed by atoms with van der Waals surface area (Å²) >= 11 is 0. The molecule has 0 bridgehead atoms. The SMILES string of the molecule is Cc1cc(C)c(C)c(C(=O)N2CCN(c3nc4c(c(=O)[nH]3)CCCCC4)CC2)c1. The van der Waals surface area contributed by atoms with Gasteiger partial charge in [-0.15, -0.1) is 0 Å². The van der Waals surface area contributed by atoms with Crippen LogP contribution in [0, 0.1) is 20.8 Å². The maximum Gasteiger partial charge on any atom is 0.255 e. The third-order valence-corrected chi connectivity index (χ3v) is 6.34. The van der Waals surface area contributed by atoms with Gasteiger partial charge in [0.25, 0.3) is 11.5 Å². The average molecular weight is 395 g/mol. The third-order valence-electron chi connectivity index (χ3n) is 6.34. The molecule has 1 aromatic carbocycles. The normalized spacial score (nSPS) is 17.1. The van der Waals surface area contributed by atoms with Crippen LogP contribution in [-0.4, -0.2) is 47.0 Å². The number of carbonyl (C=O) groups is 1. The molecule has 1 fully saturated rings. The summed E-state index contributed by atoms with van der Waals surface area (Å²) in [5, 5.41) is 0. The van der Waals surface area contributed by atoms with E-state index >= 15 is 0 Å². The molecule has 2 aromatic rings. The number of anilines is 1. The molecule has 1 N–H and O–H groups in total. The van der Waals surface area contributed by atoms with Crippen molar-refractivity contribution >= 4 is 11.9 Å². The summed E-state index contributed by atoms with van der Waals surface area (Å²) in [7, 11) is 0. The number of aromatic nitrogens is 2. The zero-order chi connectivity index (χ0) is 20.5. The van der Waals surface area contributed by atoms with Gasteiger partial charge in [0.2, 0.25) is 5.95 Å². The molecule has 0 unspecified atom stereocenters. The third kappa shape index (κ3) is 3.93. The first-order valence-electron chi connectivity index (χ1n) is 10.7. The van der Waals surface area contributed by atoms with E-state index in [0.717, 1.165) is 65.6 Å². The number of rotatable bonds is 2. The second-order valence-corrected chi connectivity index (χ2v) is 8.41. The summed E-state index contributed by atoms with van der Waals surface area (Å²) < 4.78 is 0. The Morgan fingerprint density at radius 3 is 2.48 bits per heavy atom. The molecule has 154 valence electrons. The lowest BCUT2D eigenvalue weighted by molar-refractivity contribution is 0.0745. The van der Waals surface area contributed by atoms with Gasteiger partial charge in [0.1, 0.15) is 0 Å². The minimum atomic E-state index is 0.0104. The van der Waals surface area contributed by atoms with Crippen molar-refractivity contribution in [2.75, 3.05) is 31.1 Å². The lowest BCUT2D eigenvalue weighted by Gasteiger charge is -2.35. The van der Waals surface area contributed by atoms with Crippen LogP contribution in [0.2, 0.25) is 0 Å². The van der Waals surface area contributed by atoms with Crippen molar-refractivity contribution in [2.45, 2.75) is 52.9 Å². The van der Waals surface area contributed by atoms with Crippen LogP contribution >= 0.6 is 0 Å². The number of hydrogen-bond acceptors (Lipinski definition) is 4. The van der Waals surface area contributed by atoms with Gasteiger partial charge >= 0.3 is 0 Å². The first kappa shape index (κ1) is 19.7. The fourth-order valence-electron chi connectivity index (χ4n) is 4.47. The van der Waals surface area contributed by atoms with E-state index in [-0.39, 0.29) is 11.5 Å². The Kier molecular flexibility index (Phi) is 5.43. The standard InChI is InChI=1S/C23H30N4O2/c1-15-13-16(2)17(3)19(14-15)22(29)26-9-11-27(12-10-26)23-24-20-8-6-4-5-7-18(20)21(28)25-23/h13-14H,4-12H2,1-3H3,(H,24,25,28). The van der Waals surface area contributed by atoms with Crippen LogP contribution in [0.15, 0.2) is 16.9 Å². The van der Waals surface area contributed by atoms with Crippen molar-refractivity contribution in [3.8, 4) is 0 Å². The number of carbonyl (C=O) groups excluding carboxylic acids is 1. The van der Waals surface area contributed by atoms with Crippen LogP contribution in [0.4, 0.5) is 5.95 Å². The Bertz CT molecular complexity index is 987. The van der Waals surface area contributed by atoms with Gasteiger partial charge in [0.05, 0.1) is 5.69 Å². The first-order valence-corrected chi connectivity index (χ1v) is 10.7. The minimum Gasteiger partial charge on any atom is -0.339 e. The van der Waals surface area contributed by atoms with E-state index in [4.69, 9.17) is 4.98 Å².